The molecule has 1 aromatic heterocycles. The van der Waals surface area contributed by atoms with Gasteiger partial charge in [-0.25, -0.2) is 4.98 Å². The van der Waals surface area contributed by atoms with Crippen LogP contribution in [0.15, 0.2) is 18.2 Å². The van der Waals surface area contributed by atoms with Gasteiger partial charge in [0.15, 0.2) is 0 Å². The number of aliphatic hydroxyl groups is 1. The number of methoxy groups -OCH3 is 1. The third kappa shape index (κ3) is 1.72. The lowest BCUT2D eigenvalue weighted by atomic mass is 10.1. The second-order valence-corrected chi connectivity index (χ2v) is 3.97. The molecule has 0 aliphatic carbocycles. The number of aryl methyl sites for hydroxylation is 1. The fourth-order valence-electron chi connectivity index (χ4n) is 1.78. The highest BCUT2D eigenvalue weighted by Gasteiger charge is 2.10. The quantitative estimate of drug-likeness (QED) is 0.873. The molecule has 0 aliphatic heterocycles. The summed E-state index contributed by atoms with van der Waals surface area (Å²) in [6.07, 6.45) is 0. The summed E-state index contributed by atoms with van der Waals surface area (Å²) in [7, 11) is 1.59. The molecule has 2 rings (SSSR count). The van der Waals surface area contributed by atoms with E-state index < -0.39 is 0 Å². The van der Waals surface area contributed by atoms with E-state index in [9.17, 15) is 0 Å². The van der Waals surface area contributed by atoms with Crippen molar-refractivity contribution in [2.24, 2.45) is 0 Å². The summed E-state index contributed by atoms with van der Waals surface area (Å²) in [5.41, 5.74) is 2.29. The van der Waals surface area contributed by atoms with Gasteiger partial charge in [0.05, 0.1) is 24.4 Å². The first-order valence-corrected chi connectivity index (χ1v) is 5.28. The van der Waals surface area contributed by atoms with Gasteiger partial charge < -0.3 is 9.84 Å². The number of aliphatic hydroxyl groups excluding tert-OH is 1. The van der Waals surface area contributed by atoms with Crippen LogP contribution in [0.4, 0.5) is 0 Å². The summed E-state index contributed by atoms with van der Waals surface area (Å²) in [6, 6.07) is 5.39. The van der Waals surface area contributed by atoms with Crippen LogP contribution in [0.5, 0.6) is 5.75 Å². The molecule has 4 heteroatoms. The minimum absolute atomic E-state index is 0.0908. The minimum Gasteiger partial charge on any atom is -0.494 e. The highest BCUT2D eigenvalue weighted by Crippen LogP contribution is 2.32. The molecule has 1 N–H and O–H groups in total. The summed E-state index contributed by atoms with van der Waals surface area (Å²) in [5.74, 6) is 0.665. The molecule has 0 spiro atoms. The van der Waals surface area contributed by atoms with Crippen molar-refractivity contribution in [3.8, 4) is 5.75 Å². The maximum Gasteiger partial charge on any atom is 0.145 e. The molecule has 0 saturated carbocycles. The van der Waals surface area contributed by atoms with Crippen LogP contribution in [-0.4, -0.2) is 17.2 Å². The second-order valence-electron chi connectivity index (χ2n) is 3.56. The Morgan fingerprint density at radius 2 is 2.19 bits per heavy atom. The molecule has 0 radical (unpaired) electrons. The smallest absolute Gasteiger partial charge is 0.145 e. The lowest BCUT2D eigenvalue weighted by Gasteiger charge is -2.10. The third-order valence-electron chi connectivity index (χ3n) is 2.50. The van der Waals surface area contributed by atoms with E-state index in [1.54, 1.807) is 19.2 Å². The van der Waals surface area contributed by atoms with Gasteiger partial charge in [0.2, 0.25) is 0 Å². The first-order valence-electron chi connectivity index (χ1n) is 4.91. The molecule has 1 heterocycles. The van der Waals surface area contributed by atoms with E-state index in [-0.39, 0.29) is 6.61 Å². The van der Waals surface area contributed by atoms with Gasteiger partial charge in [-0.15, -0.1) is 0 Å². The average molecular weight is 238 g/mol. The molecule has 0 atom stereocenters. The number of ether oxygens (including phenoxy) is 1. The molecule has 0 aliphatic rings. The van der Waals surface area contributed by atoms with Crippen LogP contribution in [0.25, 0.3) is 10.9 Å². The van der Waals surface area contributed by atoms with Crippen molar-refractivity contribution in [2.45, 2.75) is 13.5 Å². The third-order valence-corrected chi connectivity index (χ3v) is 2.82. The Morgan fingerprint density at radius 3 is 2.81 bits per heavy atom. The van der Waals surface area contributed by atoms with Gasteiger partial charge in [-0.1, -0.05) is 11.6 Å². The van der Waals surface area contributed by atoms with Crippen LogP contribution in [-0.2, 0) is 6.61 Å². The molecule has 0 saturated heterocycles. The first kappa shape index (κ1) is 11.2. The largest absolute Gasteiger partial charge is 0.494 e. The number of aromatic nitrogens is 1. The van der Waals surface area contributed by atoms with Gasteiger partial charge in [0.25, 0.3) is 0 Å². The van der Waals surface area contributed by atoms with Crippen LogP contribution >= 0.6 is 11.6 Å². The Balaban J connectivity index is 2.87. The van der Waals surface area contributed by atoms with Gasteiger partial charge in [0.1, 0.15) is 11.3 Å². The molecular weight excluding hydrogens is 226 g/mol. The zero-order valence-electron chi connectivity index (χ0n) is 9.12. The van der Waals surface area contributed by atoms with Crippen molar-refractivity contribution in [3.63, 3.8) is 0 Å². The van der Waals surface area contributed by atoms with Gasteiger partial charge in [0, 0.05) is 5.39 Å². The van der Waals surface area contributed by atoms with Crippen molar-refractivity contribution < 1.29 is 9.84 Å². The van der Waals surface area contributed by atoms with Crippen molar-refractivity contribution in [1.82, 2.24) is 4.98 Å². The number of hydrogen-bond acceptors (Lipinski definition) is 3. The molecule has 3 nitrogen and oxygen atoms in total. The number of nitrogens with zero attached hydrogens (tertiary/aromatic N) is 1. The predicted octanol–water partition coefficient (Wildman–Crippen LogP) is 2.70. The van der Waals surface area contributed by atoms with Crippen LogP contribution in [0.3, 0.4) is 0 Å². The number of benzene rings is 1. The second kappa shape index (κ2) is 4.28. The van der Waals surface area contributed by atoms with Crippen molar-refractivity contribution in [1.29, 1.82) is 0 Å². The van der Waals surface area contributed by atoms with E-state index in [1.807, 2.05) is 13.0 Å². The predicted molar refractivity (Wildman–Crippen MR) is 64.0 cm³/mol. The van der Waals surface area contributed by atoms with Crippen LogP contribution in [0, 0.1) is 6.92 Å². The molecule has 0 unspecified atom stereocenters. The lowest BCUT2D eigenvalue weighted by Crippen LogP contribution is -1.95. The highest BCUT2D eigenvalue weighted by atomic mass is 35.5. The molecule has 84 valence electrons. The van der Waals surface area contributed by atoms with Gasteiger partial charge >= 0.3 is 0 Å². The standard InChI is InChI=1S/C12H12ClNO2/c1-7-5-8(6-15)14-12-10(16-2)4-3-9(13)11(7)12/h3-5,15H,6H2,1-2H3. The van der Waals surface area contributed by atoms with E-state index in [4.69, 9.17) is 21.4 Å². The van der Waals surface area contributed by atoms with Crippen molar-refractivity contribution in [2.75, 3.05) is 7.11 Å². The molecule has 16 heavy (non-hydrogen) atoms. The maximum absolute atomic E-state index is 9.12. The minimum atomic E-state index is -0.0908. The Morgan fingerprint density at radius 1 is 1.44 bits per heavy atom. The summed E-state index contributed by atoms with van der Waals surface area (Å²) >= 11 is 6.13. The van der Waals surface area contributed by atoms with Gasteiger partial charge in [-0.2, -0.15) is 0 Å². The molecule has 0 bridgehead atoms. The van der Waals surface area contributed by atoms with E-state index in [0.29, 0.717) is 22.0 Å². The van der Waals surface area contributed by atoms with Crippen LogP contribution < -0.4 is 4.74 Å². The Bertz CT molecular complexity index is 540. The number of hydrogen-bond donors (Lipinski definition) is 1. The summed E-state index contributed by atoms with van der Waals surface area (Å²) < 4.78 is 5.23. The zero-order valence-corrected chi connectivity index (χ0v) is 9.88. The van der Waals surface area contributed by atoms with E-state index >= 15 is 0 Å². The molecular formula is C12H12ClNO2. The van der Waals surface area contributed by atoms with E-state index in [0.717, 1.165) is 10.9 Å². The number of pyridine rings is 1. The van der Waals surface area contributed by atoms with E-state index in [1.165, 1.54) is 0 Å². The van der Waals surface area contributed by atoms with Crippen molar-refractivity contribution in [3.05, 3.63) is 34.5 Å². The normalized spacial score (nSPS) is 10.8. The molecule has 2 aromatic rings. The SMILES string of the molecule is COc1ccc(Cl)c2c(C)cc(CO)nc12. The zero-order chi connectivity index (χ0) is 11.7. The first-order chi connectivity index (χ1) is 7.67. The summed E-state index contributed by atoms with van der Waals surface area (Å²) in [5, 5.41) is 10.6. The molecule has 1 aromatic carbocycles. The Kier molecular flexibility index (Phi) is 2.99. The highest BCUT2D eigenvalue weighted by molar-refractivity contribution is 6.35. The number of halogens is 1. The summed E-state index contributed by atoms with van der Waals surface area (Å²) in [4.78, 5) is 4.33. The fourth-order valence-corrected chi connectivity index (χ4v) is 2.08. The molecule has 0 fully saturated rings. The molecule has 0 amide bonds. The summed E-state index contributed by atoms with van der Waals surface area (Å²) in [6.45, 7) is 1.85. The topological polar surface area (TPSA) is 42.4 Å². The number of fused-ring (bicyclic) bond motifs is 1. The Hall–Kier alpha value is -1.32. The van der Waals surface area contributed by atoms with Crippen molar-refractivity contribution >= 4 is 22.5 Å². The lowest BCUT2D eigenvalue weighted by molar-refractivity contribution is 0.277. The van der Waals surface area contributed by atoms with Crippen LogP contribution in [0.2, 0.25) is 5.02 Å². The van der Waals surface area contributed by atoms with Crippen LogP contribution in [0.1, 0.15) is 11.3 Å². The monoisotopic (exact) mass is 237 g/mol. The number of rotatable bonds is 2. The fraction of sp³-hybridized carbons (Fsp3) is 0.250. The average Bonchev–Trinajstić information content (AvgIpc) is 2.28. The van der Waals surface area contributed by atoms with Gasteiger partial charge in [-0.05, 0) is 30.7 Å². The van der Waals surface area contributed by atoms with Gasteiger partial charge in [-0.3, -0.25) is 0 Å². The maximum atomic E-state index is 9.12. The Labute approximate surface area is 98.6 Å². The van der Waals surface area contributed by atoms with E-state index in [2.05, 4.69) is 4.98 Å².